The maximum Gasteiger partial charge on any atom is 0.261 e. The Balaban J connectivity index is 0.00000274. The molecule has 176 valence electrons. The summed E-state index contributed by atoms with van der Waals surface area (Å²) in [7, 11) is 0. The first-order valence-corrected chi connectivity index (χ1v) is 12.2. The Morgan fingerprint density at radius 2 is 1.82 bits per heavy atom. The van der Waals surface area contributed by atoms with Gasteiger partial charge in [0.15, 0.2) is 4.96 Å². The second kappa shape index (κ2) is 10.6. The van der Waals surface area contributed by atoms with Crippen LogP contribution in [0, 0.1) is 12.7 Å². The lowest BCUT2D eigenvalue weighted by atomic mass is 9.95. The fourth-order valence-electron chi connectivity index (χ4n) is 4.52. The number of benzene rings is 2. The van der Waals surface area contributed by atoms with Crippen molar-refractivity contribution in [2.45, 2.75) is 26.2 Å². The van der Waals surface area contributed by atoms with Crippen LogP contribution in [0.3, 0.4) is 0 Å². The minimum absolute atomic E-state index is 0. The summed E-state index contributed by atoms with van der Waals surface area (Å²) in [5, 5.41) is 1.90. The number of nitrogens with zero attached hydrogens (tertiary/aromatic N) is 3. The number of likely N-dealkylation sites (tertiary alicyclic amines) is 1. The predicted molar refractivity (Wildman–Crippen MR) is 141 cm³/mol. The van der Waals surface area contributed by atoms with E-state index in [0.717, 1.165) is 66.2 Å². The maximum absolute atomic E-state index is 13.3. The van der Waals surface area contributed by atoms with Crippen LogP contribution >= 0.6 is 23.7 Å². The van der Waals surface area contributed by atoms with Crippen molar-refractivity contribution >= 4 is 34.8 Å². The second-order valence-corrected chi connectivity index (χ2v) is 9.40. The van der Waals surface area contributed by atoms with Crippen molar-refractivity contribution in [3.63, 3.8) is 0 Å². The molecule has 0 radical (unpaired) electrons. The SMILES string of the molecule is Cc1nc2sccn2c(=O)c1CCN1CCC(=Cc2ccccc2-c2ccc(F)cc2)CC1.Cl. The normalized spacial score (nSPS) is 14.2. The zero-order valence-corrected chi connectivity index (χ0v) is 20.7. The van der Waals surface area contributed by atoms with Crippen molar-refractivity contribution in [1.82, 2.24) is 14.3 Å². The first kappa shape index (κ1) is 24.3. The van der Waals surface area contributed by atoms with Gasteiger partial charge in [-0.3, -0.25) is 9.20 Å². The number of aromatic nitrogens is 2. The molecule has 0 saturated carbocycles. The summed E-state index contributed by atoms with van der Waals surface area (Å²) < 4.78 is 15.0. The fraction of sp³-hybridized carbons (Fsp3) is 0.259. The molecule has 3 heterocycles. The van der Waals surface area contributed by atoms with Crippen LogP contribution in [0.15, 0.2) is 70.5 Å². The Kier molecular flexibility index (Phi) is 7.61. The zero-order valence-electron chi connectivity index (χ0n) is 19.0. The molecule has 0 atom stereocenters. The Hall–Kier alpha value is -2.80. The van der Waals surface area contributed by atoms with Gasteiger partial charge in [0.2, 0.25) is 0 Å². The standard InChI is InChI=1S/C27H26FN3OS.ClH/c1-19-24(26(32)31-16-17-33-27(31)29-19)12-15-30-13-10-20(11-14-30)18-22-4-2-3-5-25(22)21-6-8-23(28)9-7-21;/h2-9,16-18H,10-15H2,1H3;1H. The van der Waals surface area contributed by atoms with Gasteiger partial charge in [0.25, 0.3) is 5.56 Å². The predicted octanol–water partition coefficient (Wildman–Crippen LogP) is 6.01. The highest BCUT2D eigenvalue weighted by molar-refractivity contribution is 7.15. The molecule has 4 nitrogen and oxygen atoms in total. The summed E-state index contributed by atoms with van der Waals surface area (Å²) in [6, 6.07) is 15.0. The van der Waals surface area contributed by atoms with Crippen LogP contribution in [0.2, 0.25) is 0 Å². The number of halogens is 2. The number of hydrogen-bond acceptors (Lipinski definition) is 4. The molecule has 0 unspecified atom stereocenters. The molecular formula is C27H27ClFN3OS. The lowest BCUT2D eigenvalue weighted by Gasteiger charge is -2.28. The van der Waals surface area contributed by atoms with E-state index in [1.807, 2.05) is 36.6 Å². The summed E-state index contributed by atoms with van der Waals surface area (Å²) in [4.78, 5) is 20.6. The summed E-state index contributed by atoms with van der Waals surface area (Å²) in [6.45, 7) is 4.78. The van der Waals surface area contributed by atoms with Gasteiger partial charge in [0.05, 0.1) is 0 Å². The van der Waals surface area contributed by atoms with Gasteiger partial charge in [0.1, 0.15) is 5.82 Å². The van der Waals surface area contributed by atoms with E-state index in [4.69, 9.17) is 0 Å². The molecule has 5 rings (SSSR count). The molecule has 1 aliphatic rings. The molecule has 1 fully saturated rings. The van der Waals surface area contributed by atoms with Crippen molar-refractivity contribution in [1.29, 1.82) is 0 Å². The van der Waals surface area contributed by atoms with Crippen LogP contribution < -0.4 is 5.56 Å². The topological polar surface area (TPSA) is 37.6 Å². The van der Waals surface area contributed by atoms with Gasteiger partial charge >= 0.3 is 0 Å². The third-order valence-corrected chi connectivity index (χ3v) is 7.18. The number of fused-ring (bicyclic) bond motifs is 1. The van der Waals surface area contributed by atoms with E-state index in [1.165, 1.54) is 34.6 Å². The largest absolute Gasteiger partial charge is 0.302 e. The Morgan fingerprint density at radius 1 is 1.09 bits per heavy atom. The van der Waals surface area contributed by atoms with Crippen LogP contribution in [0.4, 0.5) is 4.39 Å². The lowest BCUT2D eigenvalue weighted by Crippen LogP contribution is -2.34. The van der Waals surface area contributed by atoms with Crippen molar-refractivity contribution in [3.8, 4) is 11.1 Å². The van der Waals surface area contributed by atoms with E-state index < -0.39 is 0 Å². The number of hydrogen-bond donors (Lipinski definition) is 0. The molecule has 0 aliphatic carbocycles. The number of thiazole rings is 1. The quantitative estimate of drug-likeness (QED) is 0.340. The lowest BCUT2D eigenvalue weighted by molar-refractivity contribution is 0.260. The second-order valence-electron chi connectivity index (χ2n) is 8.52. The zero-order chi connectivity index (χ0) is 22.8. The summed E-state index contributed by atoms with van der Waals surface area (Å²) >= 11 is 1.49. The molecule has 1 saturated heterocycles. The smallest absolute Gasteiger partial charge is 0.261 e. The molecule has 0 amide bonds. The average Bonchev–Trinajstić information content (AvgIpc) is 3.30. The molecule has 0 bridgehead atoms. The van der Waals surface area contributed by atoms with Crippen molar-refractivity contribution in [2.75, 3.05) is 19.6 Å². The fourth-order valence-corrected chi connectivity index (χ4v) is 5.27. The van der Waals surface area contributed by atoms with Crippen LogP contribution in [-0.4, -0.2) is 33.9 Å². The third kappa shape index (κ3) is 5.14. The Labute approximate surface area is 208 Å². The van der Waals surface area contributed by atoms with Crippen LogP contribution in [-0.2, 0) is 6.42 Å². The highest BCUT2D eigenvalue weighted by Gasteiger charge is 2.17. The molecule has 0 N–H and O–H groups in total. The first-order chi connectivity index (χ1) is 16.1. The highest BCUT2D eigenvalue weighted by Crippen LogP contribution is 2.28. The average molecular weight is 496 g/mol. The molecule has 2 aromatic heterocycles. The van der Waals surface area contributed by atoms with Crippen LogP contribution in [0.5, 0.6) is 0 Å². The van der Waals surface area contributed by atoms with E-state index in [9.17, 15) is 9.18 Å². The van der Waals surface area contributed by atoms with E-state index in [2.05, 4.69) is 28.1 Å². The van der Waals surface area contributed by atoms with Crippen LogP contribution in [0.25, 0.3) is 22.2 Å². The Bertz CT molecular complexity index is 1370. The van der Waals surface area contributed by atoms with Gasteiger partial charge in [0, 0.05) is 42.5 Å². The number of piperidine rings is 1. The van der Waals surface area contributed by atoms with E-state index in [-0.39, 0.29) is 23.8 Å². The van der Waals surface area contributed by atoms with Gasteiger partial charge in [-0.2, -0.15) is 0 Å². The van der Waals surface area contributed by atoms with Gasteiger partial charge in [-0.25, -0.2) is 9.37 Å². The Morgan fingerprint density at radius 3 is 2.59 bits per heavy atom. The molecule has 34 heavy (non-hydrogen) atoms. The highest BCUT2D eigenvalue weighted by atomic mass is 35.5. The van der Waals surface area contributed by atoms with Gasteiger partial charge in [-0.05, 0) is 55.0 Å². The van der Waals surface area contributed by atoms with E-state index >= 15 is 0 Å². The monoisotopic (exact) mass is 495 g/mol. The number of aryl methyl sites for hydroxylation is 1. The van der Waals surface area contributed by atoms with Gasteiger partial charge in [-0.1, -0.05) is 48.0 Å². The van der Waals surface area contributed by atoms with Crippen LogP contribution in [0.1, 0.15) is 29.7 Å². The summed E-state index contributed by atoms with van der Waals surface area (Å²) in [5.41, 5.74) is 6.48. The van der Waals surface area contributed by atoms with Crippen molar-refractivity contribution in [3.05, 3.63) is 98.7 Å². The van der Waals surface area contributed by atoms with E-state index in [0.29, 0.717) is 0 Å². The molecule has 4 aromatic rings. The van der Waals surface area contributed by atoms with Crippen molar-refractivity contribution in [2.24, 2.45) is 0 Å². The first-order valence-electron chi connectivity index (χ1n) is 11.3. The molecule has 1 aliphatic heterocycles. The summed E-state index contributed by atoms with van der Waals surface area (Å²) in [5.74, 6) is -0.217. The molecule has 2 aromatic carbocycles. The maximum atomic E-state index is 13.3. The summed E-state index contributed by atoms with van der Waals surface area (Å²) in [6.07, 6.45) is 6.85. The molecular weight excluding hydrogens is 469 g/mol. The minimum Gasteiger partial charge on any atom is -0.302 e. The van der Waals surface area contributed by atoms with Gasteiger partial charge in [-0.15, -0.1) is 23.7 Å². The van der Waals surface area contributed by atoms with Gasteiger partial charge < -0.3 is 4.90 Å². The minimum atomic E-state index is -0.217. The molecule has 0 spiro atoms. The number of rotatable bonds is 5. The molecule has 7 heteroatoms. The van der Waals surface area contributed by atoms with Crippen molar-refractivity contribution < 1.29 is 4.39 Å². The third-order valence-electron chi connectivity index (χ3n) is 6.42. The van der Waals surface area contributed by atoms with E-state index in [1.54, 1.807) is 10.6 Å².